The van der Waals surface area contributed by atoms with Gasteiger partial charge in [-0.2, -0.15) is 0 Å². The number of carbonyl (C=O) groups is 1. The van der Waals surface area contributed by atoms with E-state index in [0.29, 0.717) is 18.8 Å². The van der Waals surface area contributed by atoms with Crippen molar-refractivity contribution in [2.45, 2.75) is 19.8 Å². The smallest absolute Gasteiger partial charge is 0.289 e. The third kappa shape index (κ3) is 3.40. The number of carbonyl (C=O) groups excluding carboxylic acids is 1. The summed E-state index contributed by atoms with van der Waals surface area (Å²) in [6.07, 6.45) is 3.56. The molecule has 84 valence electrons. The molecule has 0 aliphatic carbocycles. The molecule has 1 aromatic rings. The number of nitrogens with zero attached hydrogens (tertiary/aromatic N) is 1. The van der Waals surface area contributed by atoms with E-state index in [1.165, 1.54) is 6.26 Å². The zero-order valence-corrected chi connectivity index (χ0v) is 9.11. The Balaban J connectivity index is 2.58. The van der Waals surface area contributed by atoms with Crippen LogP contribution in [-0.2, 0) is 0 Å². The van der Waals surface area contributed by atoms with E-state index in [2.05, 4.69) is 6.92 Å². The maximum absolute atomic E-state index is 11.9. The van der Waals surface area contributed by atoms with Gasteiger partial charge < -0.3 is 15.1 Å². The molecule has 0 spiro atoms. The molecule has 1 aromatic heterocycles. The van der Waals surface area contributed by atoms with E-state index in [1.807, 2.05) is 0 Å². The summed E-state index contributed by atoms with van der Waals surface area (Å²) in [4.78, 5) is 13.6. The monoisotopic (exact) mass is 210 g/mol. The molecule has 1 rings (SSSR count). The van der Waals surface area contributed by atoms with Gasteiger partial charge >= 0.3 is 0 Å². The van der Waals surface area contributed by atoms with Crippen molar-refractivity contribution in [3.8, 4) is 0 Å². The topological polar surface area (TPSA) is 59.5 Å². The standard InChI is InChI=1S/C11H18N2O2/c1-2-3-7-13(8-6-12)11(14)10-5-4-9-15-10/h4-5,9H,2-3,6-8,12H2,1H3. The van der Waals surface area contributed by atoms with Gasteiger partial charge in [-0.3, -0.25) is 4.79 Å². The fourth-order valence-corrected chi connectivity index (χ4v) is 1.38. The van der Waals surface area contributed by atoms with Crippen molar-refractivity contribution in [2.75, 3.05) is 19.6 Å². The van der Waals surface area contributed by atoms with Gasteiger partial charge in [0.15, 0.2) is 5.76 Å². The highest BCUT2D eigenvalue weighted by atomic mass is 16.3. The van der Waals surface area contributed by atoms with Crippen LogP contribution in [0, 0.1) is 0 Å². The molecule has 0 saturated heterocycles. The van der Waals surface area contributed by atoms with Crippen LogP contribution in [0.4, 0.5) is 0 Å². The molecule has 4 heteroatoms. The fourth-order valence-electron chi connectivity index (χ4n) is 1.38. The number of furan rings is 1. The summed E-state index contributed by atoms with van der Waals surface area (Å²) in [5.41, 5.74) is 5.47. The van der Waals surface area contributed by atoms with E-state index in [1.54, 1.807) is 17.0 Å². The Bertz CT molecular complexity index is 283. The molecule has 1 amide bonds. The second-order valence-electron chi connectivity index (χ2n) is 3.41. The first kappa shape index (κ1) is 11.8. The van der Waals surface area contributed by atoms with E-state index in [-0.39, 0.29) is 5.91 Å². The van der Waals surface area contributed by atoms with Crippen molar-refractivity contribution in [3.05, 3.63) is 24.2 Å². The lowest BCUT2D eigenvalue weighted by molar-refractivity contribution is 0.0726. The zero-order valence-electron chi connectivity index (χ0n) is 9.11. The van der Waals surface area contributed by atoms with Gasteiger partial charge in [-0.25, -0.2) is 0 Å². The number of amides is 1. The van der Waals surface area contributed by atoms with Gasteiger partial charge in [0.25, 0.3) is 5.91 Å². The van der Waals surface area contributed by atoms with Crippen molar-refractivity contribution in [2.24, 2.45) is 5.73 Å². The van der Waals surface area contributed by atoms with Crippen LogP contribution in [-0.4, -0.2) is 30.4 Å². The molecule has 0 aliphatic rings. The Kier molecular flexibility index (Phi) is 4.90. The third-order valence-corrected chi connectivity index (χ3v) is 2.20. The Hall–Kier alpha value is -1.29. The van der Waals surface area contributed by atoms with E-state index in [9.17, 15) is 4.79 Å². The molecular formula is C11H18N2O2. The predicted octanol–water partition coefficient (Wildman–Crippen LogP) is 1.48. The molecule has 0 unspecified atom stereocenters. The second kappa shape index (κ2) is 6.24. The van der Waals surface area contributed by atoms with Gasteiger partial charge in [0.1, 0.15) is 0 Å². The lowest BCUT2D eigenvalue weighted by Gasteiger charge is -2.20. The summed E-state index contributed by atoms with van der Waals surface area (Å²) in [6.45, 7) is 3.90. The van der Waals surface area contributed by atoms with Crippen LogP contribution in [0.5, 0.6) is 0 Å². The average Bonchev–Trinajstić information content (AvgIpc) is 2.76. The van der Waals surface area contributed by atoms with Crippen LogP contribution in [0.15, 0.2) is 22.8 Å². The number of hydrogen-bond acceptors (Lipinski definition) is 3. The minimum atomic E-state index is -0.0705. The minimum Gasteiger partial charge on any atom is -0.459 e. The predicted molar refractivity (Wildman–Crippen MR) is 58.6 cm³/mol. The molecule has 15 heavy (non-hydrogen) atoms. The van der Waals surface area contributed by atoms with E-state index in [4.69, 9.17) is 10.2 Å². The first-order valence-corrected chi connectivity index (χ1v) is 5.32. The Morgan fingerprint density at radius 2 is 2.33 bits per heavy atom. The van der Waals surface area contributed by atoms with E-state index >= 15 is 0 Å². The van der Waals surface area contributed by atoms with Crippen LogP contribution in [0.25, 0.3) is 0 Å². The summed E-state index contributed by atoms with van der Waals surface area (Å²) < 4.78 is 5.07. The number of unbranched alkanes of at least 4 members (excludes halogenated alkanes) is 1. The molecule has 0 bridgehead atoms. The highest BCUT2D eigenvalue weighted by Gasteiger charge is 2.16. The highest BCUT2D eigenvalue weighted by Crippen LogP contribution is 2.06. The summed E-state index contributed by atoms with van der Waals surface area (Å²) in [7, 11) is 0. The van der Waals surface area contributed by atoms with E-state index < -0.39 is 0 Å². The average molecular weight is 210 g/mol. The SMILES string of the molecule is CCCCN(CCN)C(=O)c1ccco1. The van der Waals surface area contributed by atoms with Gasteiger partial charge in [-0.05, 0) is 18.6 Å². The van der Waals surface area contributed by atoms with Crippen LogP contribution >= 0.6 is 0 Å². The Morgan fingerprint density at radius 1 is 1.53 bits per heavy atom. The Labute approximate surface area is 90.0 Å². The second-order valence-corrected chi connectivity index (χ2v) is 3.41. The first-order valence-electron chi connectivity index (χ1n) is 5.32. The van der Waals surface area contributed by atoms with Gasteiger partial charge in [0, 0.05) is 19.6 Å². The molecule has 2 N–H and O–H groups in total. The number of nitrogens with two attached hydrogens (primary N) is 1. The molecular weight excluding hydrogens is 192 g/mol. The van der Waals surface area contributed by atoms with Gasteiger partial charge in [0.2, 0.25) is 0 Å². The van der Waals surface area contributed by atoms with Crippen molar-refractivity contribution in [1.29, 1.82) is 0 Å². The summed E-state index contributed by atoms with van der Waals surface area (Å²) in [6, 6.07) is 3.39. The van der Waals surface area contributed by atoms with Gasteiger partial charge in [-0.1, -0.05) is 13.3 Å². The van der Waals surface area contributed by atoms with E-state index in [0.717, 1.165) is 19.4 Å². The molecule has 0 fully saturated rings. The maximum Gasteiger partial charge on any atom is 0.289 e. The summed E-state index contributed by atoms with van der Waals surface area (Å²) in [5.74, 6) is 0.318. The zero-order chi connectivity index (χ0) is 11.1. The van der Waals surface area contributed by atoms with Crippen LogP contribution in [0.2, 0.25) is 0 Å². The third-order valence-electron chi connectivity index (χ3n) is 2.20. The van der Waals surface area contributed by atoms with Gasteiger partial charge in [0.05, 0.1) is 6.26 Å². The van der Waals surface area contributed by atoms with Gasteiger partial charge in [-0.15, -0.1) is 0 Å². The highest BCUT2D eigenvalue weighted by molar-refractivity contribution is 5.91. The molecule has 0 aliphatic heterocycles. The summed E-state index contributed by atoms with van der Waals surface area (Å²) >= 11 is 0. The molecule has 0 aromatic carbocycles. The lowest BCUT2D eigenvalue weighted by Crippen LogP contribution is -2.35. The Morgan fingerprint density at radius 3 is 2.87 bits per heavy atom. The molecule has 4 nitrogen and oxygen atoms in total. The molecule has 1 heterocycles. The lowest BCUT2D eigenvalue weighted by atomic mass is 10.3. The van der Waals surface area contributed by atoms with Crippen LogP contribution in [0.3, 0.4) is 0 Å². The van der Waals surface area contributed by atoms with Crippen molar-refractivity contribution < 1.29 is 9.21 Å². The van der Waals surface area contributed by atoms with Crippen LogP contribution < -0.4 is 5.73 Å². The minimum absolute atomic E-state index is 0.0705. The molecule has 0 atom stereocenters. The first-order chi connectivity index (χ1) is 7.29. The molecule has 0 radical (unpaired) electrons. The molecule has 0 saturated carbocycles. The summed E-state index contributed by atoms with van der Waals surface area (Å²) in [5, 5.41) is 0. The normalized spacial score (nSPS) is 10.3. The number of hydrogen-bond donors (Lipinski definition) is 1. The fraction of sp³-hybridized carbons (Fsp3) is 0.545. The van der Waals surface area contributed by atoms with Crippen molar-refractivity contribution >= 4 is 5.91 Å². The maximum atomic E-state index is 11.9. The quantitative estimate of drug-likeness (QED) is 0.773. The van der Waals surface area contributed by atoms with Crippen molar-refractivity contribution in [1.82, 2.24) is 4.90 Å². The largest absolute Gasteiger partial charge is 0.459 e. The van der Waals surface area contributed by atoms with Crippen molar-refractivity contribution in [3.63, 3.8) is 0 Å². The van der Waals surface area contributed by atoms with Crippen LogP contribution in [0.1, 0.15) is 30.3 Å². The number of rotatable bonds is 6.